The summed E-state index contributed by atoms with van der Waals surface area (Å²) in [5, 5.41) is 13.4. The van der Waals surface area contributed by atoms with Crippen LogP contribution in [0.3, 0.4) is 0 Å². The lowest BCUT2D eigenvalue weighted by molar-refractivity contribution is 0.116. The fourth-order valence-electron chi connectivity index (χ4n) is 2.24. The zero-order chi connectivity index (χ0) is 12.4. The smallest absolute Gasteiger partial charge is 0.230 e. The van der Waals surface area contributed by atoms with Gasteiger partial charge < -0.3 is 9.63 Å². The molecule has 1 fully saturated rings. The number of aliphatic hydroxyl groups excluding tert-OH is 1. The van der Waals surface area contributed by atoms with E-state index in [2.05, 4.69) is 20.1 Å². The molecule has 0 atom stereocenters. The molecule has 3 rings (SSSR count). The molecule has 0 unspecified atom stereocenters. The third-order valence-corrected chi connectivity index (χ3v) is 3.28. The van der Waals surface area contributed by atoms with Gasteiger partial charge in [-0.1, -0.05) is 5.16 Å². The van der Waals surface area contributed by atoms with Crippen molar-refractivity contribution in [3.05, 3.63) is 24.5 Å². The largest absolute Gasteiger partial charge is 0.393 e. The molecule has 0 radical (unpaired) electrons. The van der Waals surface area contributed by atoms with Crippen LogP contribution in [0.4, 0.5) is 0 Å². The van der Waals surface area contributed by atoms with Crippen LogP contribution in [0.15, 0.2) is 23.1 Å². The summed E-state index contributed by atoms with van der Waals surface area (Å²) >= 11 is 0. The predicted octanol–water partition coefficient (Wildman–Crippen LogP) is 1.55. The van der Waals surface area contributed by atoms with Crippen LogP contribution in [-0.2, 0) is 0 Å². The minimum atomic E-state index is -0.177. The Morgan fingerprint density at radius 1 is 1.17 bits per heavy atom. The van der Waals surface area contributed by atoms with Gasteiger partial charge in [-0.05, 0) is 25.7 Å². The Labute approximate surface area is 104 Å². The van der Waals surface area contributed by atoms with Crippen molar-refractivity contribution in [2.45, 2.75) is 37.7 Å². The third kappa shape index (κ3) is 2.24. The molecule has 1 aliphatic carbocycles. The van der Waals surface area contributed by atoms with Crippen LogP contribution in [0.1, 0.15) is 37.5 Å². The number of aromatic nitrogens is 4. The molecule has 0 saturated heterocycles. The number of nitrogens with zero attached hydrogens (tertiary/aromatic N) is 4. The summed E-state index contributed by atoms with van der Waals surface area (Å²) in [4.78, 5) is 12.5. The molecular weight excluding hydrogens is 232 g/mol. The second kappa shape index (κ2) is 4.81. The van der Waals surface area contributed by atoms with Crippen LogP contribution in [0.2, 0.25) is 0 Å². The van der Waals surface area contributed by atoms with Crippen molar-refractivity contribution in [1.29, 1.82) is 0 Å². The summed E-state index contributed by atoms with van der Waals surface area (Å²) in [6.07, 6.45) is 8.02. The van der Waals surface area contributed by atoms with Crippen LogP contribution >= 0.6 is 0 Å². The zero-order valence-electron chi connectivity index (χ0n) is 9.86. The van der Waals surface area contributed by atoms with Gasteiger partial charge in [0, 0.05) is 18.3 Å². The van der Waals surface area contributed by atoms with Crippen LogP contribution in [0, 0.1) is 0 Å². The highest BCUT2D eigenvalue weighted by molar-refractivity contribution is 5.45. The number of aliphatic hydroxyl groups is 1. The van der Waals surface area contributed by atoms with E-state index in [4.69, 9.17) is 4.52 Å². The molecule has 2 aromatic rings. The summed E-state index contributed by atoms with van der Waals surface area (Å²) in [6, 6.07) is 0. The average molecular weight is 246 g/mol. The Kier molecular flexibility index (Phi) is 3.02. The van der Waals surface area contributed by atoms with E-state index in [0.717, 1.165) is 25.7 Å². The zero-order valence-corrected chi connectivity index (χ0v) is 9.86. The molecule has 2 aromatic heterocycles. The summed E-state index contributed by atoms with van der Waals surface area (Å²) < 4.78 is 5.28. The van der Waals surface area contributed by atoms with Crippen molar-refractivity contribution in [2.24, 2.45) is 0 Å². The molecule has 6 heteroatoms. The Bertz CT molecular complexity index is 506. The highest BCUT2D eigenvalue weighted by Crippen LogP contribution is 2.32. The first kappa shape index (κ1) is 11.3. The molecule has 18 heavy (non-hydrogen) atoms. The molecule has 0 spiro atoms. The molecule has 1 aliphatic rings. The summed E-state index contributed by atoms with van der Waals surface area (Å²) in [6.45, 7) is 0. The SMILES string of the molecule is OC1CCC(c2nc(-c3cnccn3)no2)CC1. The maximum atomic E-state index is 9.47. The van der Waals surface area contributed by atoms with Crippen molar-refractivity contribution in [2.75, 3.05) is 0 Å². The number of rotatable bonds is 2. The van der Waals surface area contributed by atoms with Gasteiger partial charge in [0.15, 0.2) is 0 Å². The monoisotopic (exact) mass is 246 g/mol. The van der Waals surface area contributed by atoms with Crippen molar-refractivity contribution in [3.8, 4) is 11.5 Å². The topological polar surface area (TPSA) is 84.9 Å². The van der Waals surface area contributed by atoms with E-state index >= 15 is 0 Å². The van der Waals surface area contributed by atoms with Gasteiger partial charge in [-0.15, -0.1) is 0 Å². The number of hydrogen-bond donors (Lipinski definition) is 1. The molecule has 1 N–H and O–H groups in total. The van der Waals surface area contributed by atoms with Gasteiger partial charge in [0.05, 0.1) is 12.3 Å². The lowest BCUT2D eigenvalue weighted by Crippen LogP contribution is -2.17. The summed E-state index contributed by atoms with van der Waals surface area (Å²) in [5.74, 6) is 1.37. The normalized spacial score (nSPS) is 24.1. The van der Waals surface area contributed by atoms with E-state index < -0.39 is 0 Å². The fourth-order valence-corrected chi connectivity index (χ4v) is 2.24. The van der Waals surface area contributed by atoms with Crippen molar-refractivity contribution in [3.63, 3.8) is 0 Å². The molecule has 0 bridgehead atoms. The Balaban J connectivity index is 1.78. The molecular formula is C12H14N4O2. The second-order valence-corrected chi connectivity index (χ2v) is 4.55. The van der Waals surface area contributed by atoms with Crippen molar-refractivity contribution >= 4 is 0 Å². The van der Waals surface area contributed by atoms with Gasteiger partial charge >= 0.3 is 0 Å². The van der Waals surface area contributed by atoms with E-state index in [1.165, 1.54) is 0 Å². The molecule has 0 aromatic carbocycles. The second-order valence-electron chi connectivity index (χ2n) is 4.55. The van der Waals surface area contributed by atoms with E-state index in [1.807, 2.05) is 0 Å². The molecule has 0 aliphatic heterocycles. The van der Waals surface area contributed by atoms with Gasteiger partial charge in [0.1, 0.15) is 5.69 Å². The van der Waals surface area contributed by atoms with Crippen LogP contribution < -0.4 is 0 Å². The van der Waals surface area contributed by atoms with Gasteiger partial charge in [-0.3, -0.25) is 4.98 Å². The van der Waals surface area contributed by atoms with Crippen molar-refractivity contribution < 1.29 is 9.63 Å². The minimum Gasteiger partial charge on any atom is -0.393 e. The van der Waals surface area contributed by atoms with E-state index in [9.17, 15) is 5.11 Å². The van der Waals surface area contributed by atoms with Gasteiger partial charge in [0.25, 0.3) is 0 Å². The van der Waals surface area contributed by atoms with Crippen LogP contribution in [-0.4, -0.2) is 31.3 Å². The fraction of sp³-hybridized carbons (Fsp3) is 0.500. The van der Waals surface area contributed by atoms with Gasteiger partial charge in [0.2, 0.25) is 11.7 Å². The average Bonchev–Trinajstić information content (AvgIpc) is 2.90. The summed E-state index contributed by atoms with van der Waals surface area (Å²) in [7, 11) is 0. The highest BCUT2D eigenvalue weighted by Gasteiger charge is 2.25. The number of hydrogen-bond acceptors (Lipinski definition) is 6. The van der Waals surface area contributed by atoms with Crippen LogP contribution in [0.25, 0.3) is 11.5 Å². The lowest BCUT2D eigenvalue weighted by atomic mass is 9.87. The Hall–Kier alpha value is -1.82. The molecule has 94 valence electrons. The Morgan fingerprint density at radius 2 is 2.00 bits per heavy atom. The minimum absolute atomic E-state index is 0.177. The molecule has 0 amide bonds. The molecule has 1 saturated carbocycles. The predicted molar refractivity (Wildman–Crippen MR) is 62.5 cm³/mol. The van der Waals surface area contributed by atoms with Gasteiger partial charge in [-0.25, -0.2) is 4.98 Å². The quantitative estimate of drug-likeness (QED) is 0.865. The first-order valence-electron chi connectivity index (χ1n) is 6.11. The van der Waals surface area contributed by atoms with Gasteiger partial charge in [-0.2, -0.15) is 4.98 Å². The standard InChI is InChI=1S/C12H14N4O2/c17-9-3-1-8(2-4-9)12-15-11(16-18-12)10-7-13-5-6-14-10/h5-9,17H,1-4H2. The molecule has 6 nitrogen and oxygen atoms in total. The first-order chi connectivity index (χ1) is 8.83. The maximum absolute atomic E-state index is 9.47. The highest BCUT2D eigenvalue weighted by atomic mass is 16.5. The van der Waals surface area contributed by atoms with E-state index in [1.54, 1.807) is 18.6 Å². The third-order valence-electron chi connectivity index (χ3n) is 3.28. The van der Waals surface area contributed by atoms with E-state index in [0.29, 0.717) is 17.4 Å². The Morgan fingerprint density at radius 3 is 2.72 bits per heavy atom. The first-order valence-corrected chi connectivity index (χ1v) is 6.11. The molecule has 2 heterocycles. The maximum Gasteiger partial charge on any atom is 0.230 e. The van der Waals surface area contributed by atoms with Crippen molar-refractivity contribution in [1.82, 2.24) is 20.1 Å². The van der Waals surface area contributed by atoms with E-state index in [-0.39, 0.29) is 12.0 Å². The van der Waals surface area contributed by atoms with Crippen LogP contribution in [0.5, 0.6) is 0 Å². The lowest BCUT2D eigenvalue weighted by Gasteiger charge is -2.22. The summed E-state index contributed by atoms with van der Waals surface area (Å²) in [5.41, 5.74) is 0.614.